The Labute approximate surface area is 125 Å². The van der Waals surface area contributed by atoms with Crippen molar-refractivity contribution in [3.8, 4) is 0 Å². The molecule has 0 heterocycles. The summed E-state index contributed by atoms with van der Waals surface area (Å²) in [5.41, 5.74) is 3.32. The zero-order valence-electron chi connectivity index (χ0n) is 11.8. The van der Waals surface area contributed by atoms with Crippen LogP contribution in [0.3, 0.4) is 0 Å². The van der Waals surface area contributed by atoms with Crippen LogP contribution in [0.25, 0.3) is 0 Å². The van der Waals surface area contributed by atoms with E-state index in [1.54, 1.807) is 0 Å². The first-order valence-electron chi connectivity index (χ1n) is 7.70. The van der Waals surface area contributed by atoms with Crippen molar-refractivity contribution in [1.82, 2.24) is 0 Å². The summed E-state index contributed by atoms with van der Waals surface area (Å²) in [7, 11) is 0. The van der Waals surface area contributed by atoms with Gasteiger partial charge in [-0.15, -0.1) is 0 Å². The Morgan fingerprint density at radius 3 is 2.47 bits per heavy atom. The second-order valence-electron chi connectivity index (χ2n) is 6.56. The van der Waals surface area contributed by atoms with Crippen molar-refractivity contribution in [2.45, 2.75) is 64.3 Å². The van der Waals surface area contributed by atoms with Gasteiger partial charge in [0.1, 0.15) is 0 Å². The molecule has 1 N–H and O–H groups in total. The molecule has 3 rings (SSSR count). The lowest BCUT2D eigenvalue weighted by atomic mass is 9.71. The molecule has 1 aromatic carbocycles. The average molecular weight is 322 g/mol. The van der Waals surface area contributed by atoms with Crippen molar-refractivity contribution < 1.29 is 0 Å². The Balaban J connectivity index is 1.61. The largest absolute Gasteiger partial charge is 0.381 e. The average Bonchev–Trinajstić information content (AvgIpc) is 2.86. The standard InChI is InChI=1S/C17H24BrN/c1-13-5-4-6-15(16(13)18)19-14-7-11-17(12-8-14)9-2-3-10-17/h4-6,14,19H,2-3,7-12H2,1H3. The van der Waals surface area contributed by atoms with Gasteiger partial charge in [-0.2, -0.15) is 0 Å². The molecule has 0 atom stereocenters. The van der Waals surface area contributed by atoms with Crippen LogP contribution >= 0.6 is 15.9 Å². The molecule has 2 aliphatic rings. The third kappa shape index (κ3) is 2.84. The zero-order chi connectivity index (χ0) is 13.3. The van der Waals surface area contributed by atoms with Gasteiger partial charge in [-0.05, 0) is 78.4 Å². The molecular weight excluding hydrogens is 298 g/mol. The fraction of sp³-hybridized carbons (Fsp3) is 0.647. The van der Waals surface area contributed by atoms with E-state index in [1.807, 2.05) is 0 Å². The van der Waals surface area contributed by atoms with Crippen molar-refractivity contribution in [1.29, 1.82) is 0 Å². The van der Waals surface area contributed by atoms with Crippen LogP contribution in [0, 0.1) is 12.3 Å². The first kappa shape index (κ1) is 13.5. The second kappa shape index (κ2) is 5.47. The molecule has 2 saturated carbocycles. The lowest BCUT2D eigenvalue weighted by molar-refractivity contribution is 0.188. The molecule has 2 heteroatoms. The highest BCUT2D eigenvalue weighted by molar-refractivity contribution is 9.10. The van der Waals surface area contributed by atoms with E-state index in [1.165, 1.54) is 67.1 Å². The second-order valence-corrected chi connectivity index (χ2v) is 7.36. The fourth-order valence-corrected chi connectivity index (χ4v) is 4.36. The first-order valence-corrected chi connectivity index (χ1v) is 8.50. The van der Waals surface area contributed by atoms with Gasteiger partial charge in [-0.25, -0.2) is 0 Å². The van der Waals surface area contributed by atoms with E-state index in [0.29, 0.717) is 6.04 Å². The fourth-order valence-electron chi connectivity index (χ4n) is 3.98. The Morgan fingerprint density at radius 2 is 1.79 bits per heavy atom. The van der Waals surface area contributed by atoms with Crippen LogP contribution in [0.5, 0.6) is 0 Å². The number of hydrogen-bond acceptors (Lipinski definition) is 1. The van der Waals surface area contributed by atoms with Crippen LogP contribution in [0.1, 0.15) is 56.9 Å². The molecule has 104 valence electrons. The summed E-state index contributed by atoms with van der Waals surface area (Å²) in [5.74, 6) is 0. The lowest BCUT2D eigenvalue weighted by Gasteiger charge is -2.38. The van der Waals surface area contributed by atoms with E-state index in [9.17, 15) is 0 Å². The van der Waals surface area contributed by atoms with Crippen molar-refractivity contribution in [3.63, 3.8) is 0 Å². The quantitative estimate of drug-likeness (QED) is 0.739. The van der Waals surface area contributed by atoms with Crippen molar-refractivity contribution >= 4 is 21.6 Å². The van der Waals surface area contributed by atoms with Gasteiger partial charge in [0.05, 0.1) is 0 Å². The van der Waals surface area contributed by atoms with E-state index < -0.39 is 0 Å². The summed E-state index contributed by atoms with van der Waals surface area (Å²) in [5, 5.41) is 3.75. The number of rotatable bonds is 2. The third-order valence-corrected chi connectivity index (χ3v) is 6.31. The van der Waals surface area contributed by atoms with Gasteiger partial charge < -0.3 is 5.32 Å². The molecule has 0 aromatic heterocycles. The highest BCUT2D eigenvalue weighted by Crippen LogP contribution is 2.49. The molecule has 1 spiro atoms. The Kier molecular flexibility index (Phi) is 3.88. The van der Waals surface area contributed by atoms with E-state index in [-0.39, 0.29) is 0 Å². The van der Waals surface area contributed by atoms with Crippen molar-refractivity contribution in [2.24, 2.45) is 5.41 Å². The normalized spacial score (nSPS) is 22.8. The summed E-state index contributed by atoms with van der Waals surface area (Å²) in [6.07, 6.45) is 11.5. The molecule has 0 saturated heterocycles. The smallest absolute Gasteiger partial charge is 0.0489 e. The molecule has 1 aromatic rings. The maximum atomic E-state index is 3.75. The summed E-state index contributed by atoms with van der Waals surface area (Å²) < 4.78 is 1.23. The minimum Gasteiger partial charge on any atom is -0.381 e. The van der Waals surface area contributed by atoms with Gasteiger partial charge in [0.2, 0.25) is 0 Å². The maximum absolute atomic E-state index is 3.75. The highest BCUT2D eigenvalue weighted by atomic mass is 79.9. The highest BCUT2D eigenvalue weighted by Gasteiger charge is 2.37. The molecule has 2 fully saturated rings. The first-order chi connectivity index (χ1) is 9.19. The summed E-state index contributed by atoms with van der Waals surface area (Å²) >= 11 is 3.70. The minimum absolute atomic E-state index is 0.671. The SMILES string of the molecule is Cc1cccc(NC2CCC3(CCCC3)CC2)c1Br. The monoisotopic (exact) mass is 321 g/mol. The molecule has 19 heavy (non-hydrogen) atoms. The van der Waals surface area contributed by atoms with Gasteiger partial charge in [0.15, 0.2) is 0 Å². The summed E-state index contributed by atoms with van der Waals surface area (Å²) in [6, 6.07) is 7.16. The van der Waals surface area contributed by atoms with Gasteiger partial charge in [0, 0.05) is 16.2 Å². The number of aryl methyl sites for hydroxylation is 1. The Bertz CT molecular complexity index is 439. The number of benzene rings is 1. The molecular formula is C17H24BrN. The Hall–Kier alpha value is -0.500. The topological polar surface area (TPSA) is 12.0 Å². The predicted molar refractivity (Wildman–Crippen MR) is 85.7 cm³/mol. The van der Waals surface area contributed by atoms with Gasteiger partial charge in [-0.3, -0.25) is 0 Å². The van der Waals surface area contributed by atoms with Crippen LogP contribution in [-0.4, -0.2) is 6.04 Å². The van der Waals surface area contributed by atoms with Crippen molar-refractivity contribution in [2.75, 3.05) is 5.32 Å². The van der Waals surface area contributed by atoms with Crippen LogP contribution in [-0.2, 0) is 0 Å². The molecule has 0 radical (unpaired) electrons. The van der Waals surface area contributed by atoms with Gasteiger partial charge >= 0.3 is 0 Å². The van der Waals surface area contributed by atoms with Crippen LogP contribution in [0.2, 0.25) is 0 Å². The lowest BCUT2D eigenvalue weighted by Crippen LogP contribution is -2.31. The van der Waals surface area contributed by atoms with Gasteiger partial charge in [0.25, 0.3) is 0 Å². The molecule has 0 amide bonds. The predicted octanol–water partition coefficient (Wildman–Crippen LogP) is 5.67. The molecule has 0 bridgehead atoms. The molecule has 1 nitrogen and oxygen atoms in total. The van der Waals surface area contributed by atoms with Gasteiger partial charge in [-0.1, -0.05) is 25.0 Å². The zero-order valence-corrected chi connectivity index (χ0v) is 13.4. The molecule has 0 aliphatic heterocycles. The van der Waals surface area contributed by atoms with Crippen LogP contribution in [0.4, 0.5) is 5.69 Å². The van der Waals surface area contributed by atoms with Crippen LogP contribution < -0.4 is 5.32 Å². The van der Waals surface area contributed by atoms with E-state index in [0.717, 1.165) is 5.41 Å². The van der Waals surface area contributed by atoms with E-state index in [4.69, 9.17) is 0 Å². The third-order valence-electron chi connectivity index (χ3n) is 5.26. The maximum Gasteiger partial charge on any atom is 0.0489 e. The number of hydrogen-bond donors (Lipinski definition) is 1. The summed E-state index contributed by atoms with van der Waals surface area (Å²) in [4.78, 5) is 0. The molecule has 0 unspecified atom stereocenters. The Morgan fingerprint density at radius 1 is 1.11 bits per heavy atom. The van der Waals surface area contributed by atoms with E-state index in [2.05, 4.69) is 46.4 Å². The van der Waals surface area contributed by atoms with Crippen LogP contribution in [0.15, 0.2) is 22.7 Å². The van der Waals surface area contributed by atoms with E-state index >= 15 is 0 Å². The minimum atomic E-state index is 0.671. The number of halogens is 1. The molecule has 2 aliphatic carbocycles. The number of nitrogens with one attached hydrogen (secondary N) is 1. The number of anilines is 1. The van der Waals surface area contributed by atoms with Crippen molar-refractivity contribution in [3.05, 3.63) is 28.2 Å². The summed E-state index contributed by atoms with van der Waals surface area (Å²) in [6.45, 7) is 2.16.